The zero-order chi connectivity index (χ0) is 44.7. The minimum Gasteiger partial charge on any atom is -0.496 e. The number of fused-ring (bicyclic) bond motifs is 2. The number of methoxy groups -OCH3 is 2. The molecule has 3 aromatic rings. The van der Waals surface area contributed by atoms with Gasteiger partial charge in [-0.05, 0) is 86.0 Å². The van der Waals surface area contributed by atoms with Crippen LogP contribution in [-0.2, 0) is 40.9 Å². The van der Waals surface area contributed by atoms with Gasteiger partial charge in [0.25, 0.3) is 17.4 Å². The first-order chi connectivity index (χ1) is 30.2. The number of hydrogen-bond donors (Lipinski definition) is 1. The molecule has 0 spiro atoms. The standard InChI is InChI=1S/C45H55N7O8/c1-5-41(54)51-17-13-31-34(25-47(2)43(56)35(31)27-51)29-22-38(59-3)36(39(23-29)60-4)26-49-20-18-48(19-21-49)14-10-28-11-15-50(16-12-28)30-6-7-32-33(24-30)45(58)52(44(32)57)37-8-9-40(53)46-42(37)55/h6-7,22-25,28,37H,5,8-21,26-27H2,1-4H3,(H,46,53,55)/i2D3. The van der Waals surface area contributed by atoms with E-state index >= 15 is 0 Å². The summed E-state index contributed by atoms with van der Waals surface area (Å²) in [7, 11) is 3.21. The van der Waals surface area contributed by atoms with Gasteiger partial charge in [-0.25, -0.2) is 0 Å². The summed E-state index contributed by atoms with van der Waals surface area (Å²) >= 11 is 0. The van der Waals surface area contributed by atoms with Crippen molar-refractivity contribution in [3.8, 4) is 22.6 Å². The molecule has 5 aliphatic heterocycles. The highest BCUT2D eigenvalue weighted by molar-refractivity contribution is 6.23. The minimum atomic E-state index is -2.71. The lowest BCUT2D eigenvalue weighted by molar-refractivity contribution is -0.136. The highest BCUT2D eigenvalue weighted by Gasteiger charge is 2.45. The van der Waals surface area contributed by atoms with Crippen molar-refractivity contribution in [2.24, 2.45) is 12.9 Å². The predicted octanol–water partition coefficient (Wildman–Crippen LogP) is 3.19. The van der Waals surface area contributed by atoms with Crippen LogP contribution in [0.4, 0.5) is 5.69 Å². The third-order valence-corrected chi connectivity index (χ3v) is 13.1. The molecule has 0 radical (unpaired) electrons. The fourth-order valence-electron chi connectivity index (χ4n) is 9.54. The molecule has 318 valence electrons. The van der Waals surface area contributed by atoms with Crippen LogP contribution in [0.3, 0.4) is 0 Å². The van der Waals surface area contributed by atoms with E-state index in [-0.39, 0.29) is 30.9 Å². The summed E-state index contributed by atoms with van der Waals surface area (Å²) in [6.45, 7) is 6.36. The Labute approximate surface area is 354 Å². The lowest BCUT2D eigenvalue weighted by atomic mass is 9.91. The second-order valence-corrected chi connectivity index (χ2v) is 16.5. The number of ether oxygens (including phenoxy) is 2. The summed E-state index contributed by atoms with van der Waals surface area (Å²) in [4.78, 5) is 86.5. The van der Waals surface area contributed by atoms with E-state index in [1.165, 1.54) is 6.20 Å². The number of piperazine rings is 1. The van der Waals surface area contributed by atoms with Crippen LogP contribution in [0.15, 0.2) is 41.3 Å². The average molecular weight is 825 g/mol. The highest BCUT2D eigenvalue weighted by atomic mass is 16.5. The van der Waals surface area contributed by atoms with Crippen LogP contribution >= 0.6 is 0 Å². The molecule has 5 aliphatic rings. The molecule has 0 bridgehead atoms. The summed E-state index contributed by atoms with van der Waals surface area (Å²) in [5, 5.41) is 2.24. The molecular formula is C45H55N7O8. The van der Waals surface area contributed by atoms with Gasteiger partial charge in [0.05, 0.1) is 37.5 Å². The molecule has 8 rings (SSSR count). The minimum absolute atomic E-state index is 0.0597. The van der Waals surface area contributed by atoms with Gasteiger partial charge in [0.1, 0.15) is 17.5 Å². The van der Waals surface area contributed by atoms with Gasteiger partial charge in [-0.1, -0.05) is 6.92 Å². The topological polar surface area (TPSA) is 154 Å². The van der Waals surface area contributed by atoms with Crippen LogP contribution in [0.25, 0.3) is 11.1 Å². The number of benzene rings is 2. The van der Waals surface area contributed by atoms with Gasteiger partial charge < -0.3 is 28.7 Å². The smallest absolute Gasteiger partial charge is 0.262 e. The van der Waals surface area contributed by atoms with Crippen molar-refractivity contribution in [3.05, 3.63) is 74.7 Å². The lowest BCUT2D eigenvalue weighted by Crippen LogP contribution is -2.54. The molecule has 2 aromatic carbocycles. The maximum absolute atomic E-state index is 13.5. The van der Waals surface area contributed by atoms with Gasteiger partial charge in [-0.15, -0.1) is 0 Å². The first-order valence-corrected chi connectivity index (χ1v) is 21.0. The molecule has 3 saturated heterocycles. The van der Waals surface area contributed by atoms with Crippen LogP contribution in [0.5, 0.6) is 11.5 Å². The average Bonchev–Trinajstić information content (AvgIpc) is 3.53. The van der Waals surface area contributed by atoms with Crippen LogP contribution in [0, 0.1) is 5.92 Å². The number of carbonyl (C=O) groups excluding carboxylic acids is 5. The number of hydrogen-bond acceptors (Lipinski definition) is 11. The molecule has 3 fully saturated rings. The zero-order valence-corrected chi connectivity index (χ0v) is 34.6. The Kier molecular flexibility index (Phi) is 10.7. The van der Waals surface area contributed by atoms with Crippen molar-refractivity contribution in [2.45, 2.75) is 71.0 Å². The Morgan fingerprint density at radius 2 is 1.52 bits per heavy atom. The number of imide groups is 2. The fourth-order valence-corrected chi connectivity index (χ4v) is 9.54. The molecule has 0 saturated carbocycles. The van der Waals surface area contributed by atoms with Crippen molar-refractivity contribution in [2.75, 3.05) is 71.5 Å². The van der Waals surface area contributed by atoms with E-state index < -0.39 is 42.2 Å². The van der Waals surface area contributed by atoms with E-state index in [1.807, 2.05) is 18.2 Å². The number of aryl methyl sites for hydroxylation is 1. The molecule has 0 aliphatic carbocycles. The SMILES string of the molecule is [2H]C([2H])([2H])n1cc(-c2cc(OC)c(CN3CCN(CCC4CCN(c5ccc6c(c5)C(=O)N(C5CCC(=O)NC5=O)C6=O)CC4)CC3)c(OC)c2)c2c(c1=O)CN(C(=O)CC)CC2. The third kappa shape index (κ3) is 7.92. The molecule has 1 atom stereocenters. The van der Waals surface area contributed by atoms with Gasteiger partial charge in [0.15, 0.2) is 0 Å². The number of aromatic nitrogens is 1. The molecule has 1 aromatic heterocycles. The summed E-state index contributed by atoms with van der Waals surface area (Å²) in [5.41, 5.74) is 4.06. The molecule has 60 heavy (non-hydrogen) atoms. The zero-order valence-electron chi connectivity index (χ0n) is 37.6. The van der Waals surface area contributed by atoms with E-state index in [0.29, 0.717) is 65.6 Å². The normalized spacial score (nSPS) is 21.3. The van der Waals surface area contributed by atoms with Crippen molar-refractivity contribution in [1.29, 1.82) is 0 Å². The number of carbonyl (C=O) groups is 5. The number of nitrogens with one attached hydrogen (secondary N) is 1. The molecule has 6 heterocycles. The van der Waals surface area contributed by atoms with Crippen LogP contribution in [0.2, 0.25) is 0 Å². The molecule has 1 N–H and O–H groups in total. The van der Waals surface area contributed by atoms with Crippen molar-refractivity contribution < 1.29 is 37.6 Å². The summed E-state index contributed by atoms with van der Waals surface area (Å²) in [6, 6.07) is 8.10. The van der Waals surface area contributed by atoms with Crippen LogP contribution in [0.1, 0.15) is 87.0 Å². The summed E-state index contributed by atoms with van der Waals surface area (Å²) in [5.74, 6) is -0.327. The Morgan fingerprint density at radius 1 is 0.817 bits per heavy atom. The Balaban J connectivity index is 0.861. The van der Waals surface area contributed by atoms with E-state index in [4.69, 9.17) is 13.6 Å². The van der Waals surface area contributed by atoms with Crippen LogP contribution < -0.4 is 25.2 Å². The summed E-state index contributed by atoms with van der Waals surface area (Å²) < 4.78 is 37.0. The van der Waals surface area contributed by atoms with Crippen LogP contribution in [-0.4, -0.2) is 126 Å². The van der Waals surface area contributed by atoms with Crippen molar-refractivity contribution >= 4 is 35.2 Å². The van der Waals surface area contributed by atoms with Gasteiger partial charge in [-0.3, -0.25) is 43.9 Å². The number of amides is 5. The van der Waals surface area contributed by atoms with E-state index in [9.17, 15) is 28.8 Å². The fraction of sp³-hybridized carbons (Fsp3) is 0.511. The first kappa shape index (κ1) is 37.5. The quantitative estimate of drug-likeness (QED) is 0.284. The second-order valence-electron chi connectivity index (χ2n) is 16.5. The summed E-state index contributed by atoms with van der Waals surface area (Å²) in [6.07, 6.45) is 5.44. The number of piperidine rings is 2. The monoisotopic (exact) mass is 824 g/mol. The number of nitrogens with zero attached hydrogens (tertiary/aromatic N) is 6. The first-order valence-electron chi connectivity index (χ1n) is 22.5. The number of pyridine rings is 1. The molecule has 5 amide bonds. The van der Waals surface area contributed by atoms with Gasteiger partial charge in [-0.2, -0.15) is 0 Å². The molecule has 1 unspecified atom stereocenters. The third-order valence-electron chi connectivity index (χ3n) is 13.1. The van der Waals surface area contributed by atoms with Gasteiger partial charge in [0, 0.05) is 99.3 Å². The molecule has 15 heteroatoms. The Bertz CT molecular complexity index is 2360. The van der Waals surface area contributed by atoms with E-state index in [0.717, 1.165) is 91.4 Å². The molecule has 15 nitrogen and oxygen atoms in total. The maximum Gasteiger partial charge on any atom is 0.262 e. The Morgan fingerprint density at radius 3 is 2.18 bits per heavy atom. The number of anilines is 1. The Hall–Kier alpha value is -5.54. The van der Waals surface area contributed by atoms with Gasteiger partial charge in [0.2, 0.25) is 17.7 Å². The highest BCUT2D eigenvalue weighted by Crippen LogP contribution is 2.39. The van der Waals surface area contributed by atoms with Crippen molar-refractivity contribution in [1.82, 2.24) is 29.5 Å². The lowest BCUT2D eigenvalue weighted by Gasteiger charge is -2.37. The largest absolute Gasteiger partial charge is 0.496 e. The second kappa shape index (κ2) is 17.2. The molecular weight excluding hydrogens is 767 g/mol. The maximum atomic E-state index is 13.5. The van der Waals surface area contributed by atoms with E-state index in [2.05, 4.69) is 20.0 Å². The van der Waals surface area contributed by atoms with E-state index in [1.54, 1.807) is 38.2 Å². The number of rotatable bonds is 11. The van der Waals surface area contributed by atoms with Crippen molar-refractivity contribution in [3.63, 3.8) is 0 Å². The predicted molar refractivity (Wildman–Crippen MR) is 224 cm³/mol. The van der Waals surface area contributed by atoms with Gasteiger partial charge >= 0.3 is 0 Å².